The zero-order chi connectivity index (χ0) is 18.6. The molecule has 2 amide bonds. The molecule has 10 heteroatoms. The molecule has 0 fully saturated rings. The maximum atomic E-state index is 12.2. The van der Waals surface area contributed by atoms with Crippen molar-refractivity contribution >= 4 is 27.1 Å². The third kappa shape index (κ3) is 5.13. The van der Waals surface area contributed by atoms with Gasteiger partial charge >= 0.3 is 6.03 Å². The smallest absolute Gasteiger partial charge is 0.315 e. The van der Waals surface area contributed by atoms with Crippen molar-refractivity contribution in [2.75, 3.05) is 6.54 Å². The van der Waals surface area contributed by atoms with Crippen LogP contribution >= 0.6 is 0 Å². The lowest BCUT2D eigenvalue weighted by Crippen LogP contribution is -2.40. The Morgan fingerprint density at radius 3 is 2.56 bits per heavy atom. The fourth-order valence-electron chi connectivity index (χ4n) is 2.25. The van der Waals surface area contributed by atoms with Crippen molar-refractivity contribution in [2.45, 2.75) is 51.2 Å². The number of nitrogens with zero attached hydrogens (tertiary/aromatic N) is 3. The van der Waals surface area contributed by atoms with E-state index < -0.39 is 10.0 Å². The predicted molar refractivity (Wildman–Crippen MR) is 94.7 cm³/mol. The zero-order valence-corrected chi connectivity index (χ0v) is 15.6. The topological polar surface area (TPSA) is 118 Å². The summed E-state index contributed by atoms with van der Waals surface area (Å²) < 4.78 is 28.6. The zero-order valence-electron chi connectivity index (χ0n) is 14.8. The molecule has 0 unspecified atom stereocenters. The first kappa shape index (κ1) is 19.1. The van der Waals surface area contributed by atoms with Crippen LogP contribution < -0.4 is 15.4 Å². The van der Waals surface area contributed by atoms with Crippen LogP contribution in [0.4, 0.5) is 4.79 Å². The lowest BCUT2D eigenvalue weighted by atomic mass is 10.3. The Bertz CT molecular complexity index is 844. The Kier molecular flexibility index (Phi) is 5.96. The van der Waals surface area contributed by atoms with Crippen molar-refractivity contribution in [1.29, 1.82) is 0 Å². The Labute approximate surface area is 147 Å². The van der Waals surface area contributed by atoms with Gasteiger partial charge in [-0.3, -0.25) is 0 Å². The van der Waals surface area contributed by atoms with Crippen molar-refractivity contribution < 1.29 is 13.2 Å². The van der Waals surface area contributed by atoms with Gasteiger partial charge in [0.15, 0.2) is 0 Å². The molecule has 1 aromatic carbocycles. The van der Waals surface area contributed by atoms with E-state index in [1.807, 2.05) is 13.8 Å². The Balaban J connectivity index is 2.08. The SMILES string of the molecule is CC(C)NC(=O)NCCn1nnc2cc(S(=O)(=O)NC(C)C)ccc21. The summed E-state index contributed by atoms with van der Waals surface area (Å²) in [7, 11) is -3.57. The quantitative estimate of drug-likeness (QED) is 0.669. The molecule has 0 aliphatic carbocycles. The largest absolute Gasteiger partial charge is 0.336 e. The Morgan fingerprint density at radius 2 is 1.92 bits per heavy atom. The van der Waals surface area contributed by atoms with Gasteiger partial charge in [-0.25, -0.2) is 22.6 Å². The number of carbonyl (C=O) groups excluding carboxylic acids is 1. The van der Waals surface area contributed by atoms with E-state index in [1.165, 1.54) is 12.1 Å². The van der Waals surface area contributed by atoms with E-state index in [-0.39, 0.29) is 23.0 Å². The minimum atomic E-state index is -3.57. The van der Waals surface area contributed by atoms with Gasteiger partial charge in [0.1, 0.15) is 5.52 Å². The standard InChI is InChI=1S/C15H24N6O3S/c1-10(2)17-15(22)16-7-8-21-14-6-5-12(9-13(14)18-20-21)25(23,24)19-11(3)4/h5-6,9-11,19H,7-8H2,1-4H3,(H2,16,17,22). The summed E-state index contributed by atoms with van der Waals surface area (Å²) in [6, 6.07) is 4.30. The van der Waals surface area contributed by atoms with Crippen LogP contribution in [0, 0.1) is 0 Å². The number of carbonyl (C=O) groups is 1. The van der Waals surface area contributed by atoms with Crippen LogP contribution in [-0.2, 0) is 16.6 Å². The summed E-state index contributed by atoms with van der Waals surface area (Å²) in [4.78, 5) is 11.7. The second kappa shape index (κ2) is 7.79. The van der Waals surface area contributed by atoms with Crippen LogP contribution in [0.2, 0.25) is 0 Å². The van der Waals surface area contributed by atoms with Crippen molar-refractivity contribution in [2.24, 2.45) is 0 Å². The number of fused-ring (bicyclic) bond motifs is 1. The van der Waals surface area contributed by atoms with E-state index in [1.54, 1.807) is 24.6 Å². The van der Waals surface area contributed by atoms with Gasteiger partial charge in [-0.15, -0.1) is 5.10 Å². The highest BCUT2D eigenvalue weighted by Gasteiger charge is 2.17. The van der Waals surface area contributed by atoms with E-state index in [0.717, 1.165) is 0 Å². The molecule has 0 aliphatic heterocycles. The van der Waals surface area contributed by atoms with Gasteiger partial charge in [0.05, 0.1) is 17.0 Å². The van der Waals surface area contributed by atoms with Gasteiger partial charge in [0.25, 0.3) is 0 Å². The molecule has 9 nitrogen and oxygen atoms in total. The second-order valence-corrected chi connectivity index (χ2v) is 8.01. The summed E-state index contributed by atoms with van der Waals surface area (Å²) in [6.45, 7) is 8.09. The molecular weight excluding hydrogens is 344 g/mol. The number of hydrogen-bond donors (Lipinski definition) is 3. The molecule has 0 bridgehead atoms. The van der Waals surface area contributed by atoms with Gasteiger partial charge in [-0.2, -0.15) is 0 Å². The lowest BCUT2D eigenvalue weighted by molar-refractivity contribution is 0.238. The van der Waals surface area contributed by atoms with Crippen molar-refractivity contribution in [1.82, 2.24) is 30.3 Å². The average molecular weight is 368 g/mol. The molecule has 2 rings (SSSR count). The Hall–Kier alpha value is -2.20. The molecule has 3 N–H and O–H groups in total. The van der Waals surface area contributed by atoms with Crippen molar-refractivity contribution in [3.63, 3.8) is 0 Å². The molecule has 0 saturated carbocycles. The molecular formula is C15H24N6O3S. The fourth-order valence-corrected chi connectivity index (χ4v) is 3.52. The first-order valence-electron chi connectivity index (χ1n) is 8.09. The summed E-state index contributed by atoms with van der Waals surface area (Å²) in [5.41, 5.74) is 1.19. The van der Waals surface area contributed by atoms with Crippen LogP contribution in [0.15, 0.2) is 23.1 Å². The van der Waals surface area contributed by atoms with Crippen molar-refractivity contribution in [3.05, 3.63) is 18.2 Å². The molecule has 0 spiro atoms. The number of benzene rings is 1. The summed E-state index contributed by atoms with van der Waals surface area (Å²) >= 11 is 0. The molecule has 2 aromatic rings. The number of aromatic nitrogens is 3. The summed E-state index contributed by atoms with van der Waals surface area (Å²) in [5, 5.41) is 13.5. The predicted octanol–water partition coefficient (Wildman–Crippen LogP) is 0.826. The van der Waals surface area contributed by atoms with E-state index in [0.29, 0.717) is 24.1 Å². The van der Waals surface area contributed by atoms with Gasteiger partial charge in [0, 0.05) is 18.6 Å². The number of nitrogens with one attached hydrogen (secondary N) is 3. The highest BCUT2D eigenvalue weighted by atomic mass is 32.2. The third-order valence-electron chi connectivity index (χ3n) is 3.22. The molecule has 1 aromatic heterocycles. The van der Waals surface area contributed by atoms with E-state index >= 15 is 0 Å². The van der Waals surface area contributed by atoms with E-state index in [9.17, 15) is 13.2 Å². The van der Waals surface area contributed by atoms with E-state index in [4.69, 9.17) is 0 Å². The number of hydrogen-bond acceptors (Lipinski definition) is 5. The van der Waals surface area contributed by atoms with Gasteiger partial charge in [0.2, 0.25) is 10.0 Å². The monoisotopic (exact) mass is 368 g/mol. The highest BCUT2D eigenvalue weighted by Crippen LogP contribution is 2.17. The Morgan fingerprint density at radius 1 is 1.20 bits per heavy atom. The first-order chi connectivity index (χ1) is 11.7. The molecule has 0 atom stereocenters. The number of urea groups is 1. The van der Waals surface area contributed by atoms with E-state index in [2.05, 4.69) is 25.7 Å². The summed E-state index contributed by atoms with van der Waals surface area (Å²) in [6.07, 6.45) is 0. The van der Waals surface area contributed by atoms with Crippen LogP contribution in [0.25, 0.3) is 11.0 Å². The lowest BCUT2D eigenvalue weighted by Gasteiger charge is -2.10. The maximum absolute atomic E-state index is 12.2. The molecule has 25 heavy (non-hydrogen) atoms. The van der Waals surface area contributed by atoms with Crippen LogP contribution in [0.1, 0.15) is 27.7 Å². The molecule has 0 saturated heterocycles. The second-order valence-electron chi connectivity index (χ2n) is 6.29. The fraction of sp³-hybridized carbons (Fsp3) is 0.533. The first-order valence-corrected chi connectivity index (χ1v) is 9.57. The van der Waals surface area contributed by atoms with Crippen LogP contribution in [-0.4, -0.2) is 48.1 Å². The minimum Gasteiger partial charge on any atom is -0.336 e. The number of rotatable bonds is 7. The molecule has 1 heterocycles. The third-order valence-corrected chi connectivity index (χ3v) is 4.87. The van der Waals surface area contributed by atoms with Gasteiger partial charge in [-0.05, 0) is 45.9 Å². The van der Waals surface area contributed by atoms with Gasteiger partial charge in [-0.1, -0.05) is 5.21 Å². The average Bonchev–Trinajstić information content (AvgIpc) is 2.87. The number of amides is 2. The molecule has 0 aliphatic rings. The molecule has 138 valence electrons. The molecule has 0 radical (unpaired) electrons. The number of sulfonamides is 1. The van der Waals surface area contributed by atoms with Crippen molar-refractivity contribution in [3.8, 4) is 0 Å². The summed E-state index contributed by atoms with van der Waals surface area (Å²) in [5.74, 6) is 0. The maximum Gasteiger partial charge on any atom is 0.315 e. The minimum absolute atomic E-state index is 0.0621. The highest BCUT2D eigenvalue weighted by molar-refractivity contribution is 7.89. The van der Waals surface area contributed by atoms with Gasteiger partial charge < -0.3 is 10.6 Å². The normalized spacial score (nSPS) is 12.1. The van der Waals surface area contributed by atoms with Crippen LogP contribution in [0.3, 0.4) is 0 Å². The van der Waals surface area contributed by atoms with Crippen LogP contribution in [0.5, 0.6) is 0 Å².